The van der Waals surface area contributed by atoms with Crippen molar-refractivity contribution in [3.05, 3.63) is 0 Å². The van der Waals surface area contributed by atoms with E-state index in [2.05, 4.69) is 17.6 Å². The summed E-state index contributed by atoms with van der Waals surface area (Å²) >= 11 is 0. The van der Waals surface area contributed by atoms with Crippen LogP contribution in [0.3, 0.4) is 0 Å². The second-order valence-corrected chi connectivity index (χ2v) is 6.59. The van der Waals surface area contributed by atoms with Crippen LogP contribution in [0, 0.1) is 17.3 Å². The first kappa shape index (κ1) is 16.6. The highest BCUT2D eigenvalue weighted by atomic mass is 16.2. The Labute approximate surface area is 130 Å². The van der Waals surface area contributed by atoms with Crippen LogP contribution in [-0.4, -0.2) is 24.1 Å². The van der Waals surface area contributed by atoms with Crippen LogP contribution in [0.1, 0.15) is 58.3 Å². The molecule has 122 valence electrons. The molecule has 6 nitrogen and oxygen atoms in total. The third-order valence-electron chi connectivity index (χ3n) is 5.04. The number of unbranched alkanes of at least 4 members (excludes halogenated alkanes) is 2. The summed E-state index contributed by atoms with van der Waals surface area (Å²) in [6.45, 7) is 2.13. The molecule has 0 radical (unpaired) electrons. The SMILES string of the molecule is CC1CCCC(C2(CCCCC=O)C(=O)NC(=O)NC2=O)C1. The third kappa shape index (κ3) is 3.20. The van der Waals surface area contributed by atoms with E-state index in [1.807, 2.05) is 0 Å². The molecule has 1 saturated heterocycles. The van der Waals surface area contributed by atoms with Crippen LogP contribution in [0.2, 0.25) is 0 Å². The van der Waals surface area contributed by atoms with Gasteiger partial charge in [0.25, 0.3) is 0 Å². The minimum atomic E-state index is -1.16. The zero-order valence-corrected chi connectivity index (χ0v) is 13.0. The summed E-state index contributed by atoms with van der Waals surface area (Å²) in [5.41, 5.74) is -1.16. The first-order valence-electron chi connectivity index (χ1n) is 8.11. The van der Waals surface area contributed by atoms with Crippen molar-refractivity contribution >= 4 is 24.1 Å². The molecule has 1 saturated carbocycles. The fourth-order valence-electron chi connectivity index (χ4n) is 3.88. The lowest BCUT2D eigenvalue weighted by atomic mass is 9.62. The summed E-state index contributed by atoms with van der Waals surface area (Å²) in [7, 11) is 0. The largest absolute Gasteiger partial charge is 0.328 e. The van der Waals surface area contributed by atoms with E-state index in [-0.39, 0.29) is 5.92 Å². The van der Waals surface area contributed by atoms with Gasteiger partial charge in [-0.2, -0.15) is 0 Å². The van der Waals surface area contributed by atoms with Crippen LogP contribution in [0.5, 0.6) is 0 Å². The summed E-state index contributed by atoms with van der Waals surface area (Å²) in [5.74, 6) is -0.498. The molecule has 4 amide bonds. The number of nitrogens with one attached hydrogen (secondary N) is 2. The number of carbonyl (C=O) groups is 4. The lowest BCUT2D eigenvalue weighted by molar-refractivity contribution is -0.150. The fourth-order valence-corrected chi connectivity index (χ4v) is 3.88. The fraction of sp³-hybridized carbons (Fsp3) is 0.750. The third-order valence-corrected chi connectivity index (χ3v) is 5.04. The highest BCUT2D eigenvalue weighted by Gasteiger charge is 2.55. The Morgan fingerprint density at radius 3 is 2.41 bits per heavy atom. The molecule has 2 rings (SSSR count). The van der Waals surface area contributed by atoms with Crippen molar-refractivity contribution in [2.24, 2.45) is 17.3 Å². The second kappa shape index (κ2) is 7.03. The smallest absolute Gasteiger partial charge is 0.303 e. The molecule has 2 N–H and O–H groups in total. The number of hydrogen-bond acceptors (Lipinski definition) is 4. The number of urea groups is 1. The van der Waals surface area contributed by atoms with Crippen LogP contribution < -0.4 is 10.6 Å². The molecule has 2 unspecified atom stereocenters. The first-order valence-corrected chi connectivity index (χ1v) is 8.11. The molecule has 22 heavy (non-hydrogen) atoms. The summed E-state index contributed by atoms with van der Waals surface area (Å²) < 4.78 is 0. The van der Waals surface area contributed by atoms with E-state index in [4.69, 9.17) is 0 Å². The second-order valence-electron chi connectivity index (χ2n) is 6.59. The van der Waals surface area contributed by atoms with Gasteiger partial charge < -0.3 is 4.79 Å². The average molecular weight is 308 g/mol. The lowest BCUT2D eigenvalue weighted by Crippen LogP contribution is -2.65. The highest BCUT2D eigenvalue weighted by molar-refractivity contribution is 6.19. The van der Waals surface area contributed by atoms with Crippen molar-refractivity contribution in [3.63, 3.8) is 0 Å². The van der Waals surface area contributed by atoms with Crippen LogP contribution >= 0.6 is 0 Å². The van der Waals surface area contributed by atoms with E-state index in [9.17, 15) is 19.2 Å². The topological polar surface area (TPSA) is 92.3 Å². The van der Waals surface area contributed by atoms with Crippen molar-refractivity contribution < 1.29 is 19.2 Å². The van der Waals surface area contributed by atoms with Crippen molar-refractivity contribution in [2.75, 3.05) is 0 Å². The van der Waals surface area contributed by atoms with Gasteiger partial charge in [0.05, 0.1) is 0 Å². The van der Waals surface area contributed by atoms with Gasteiger partial charge in [-0.1, -0.05) is 26.2 Å². The number of aldehydes is 1. The molecule has 0 bridgehead atoms. The van der Waals surface area contributed by atoms with Crippen molar-refractivity contribution in [1.29, 1.82) is 0 Å². The Balaban J connectivity index is 2.22. The highest BCUT2D eigenvalue weighted by Crippen LogP contribution is 2.45. The van der Waals surface area contributed by atoms with E-state index in [0.717, 1.165) is 32.0 Å². The molecule has 0 aromatic carbocycles. The Hall–Kier alpha value is -1.72. The number of amides is 4. The Bertz CT molecular complexity index is 455. The lowest BCUT2D eigenvalue weighted by Gasteiger charge is -2.43. The molecule has 2 atom stereocenters. The normalized spacial score (nSPS) is 28.0. The molecule has 2 fully saturated rings. The molecule has 0 spiro atoms. The van der Waals surface area contributed by atoms with Crippen molar-refractivity contribution in [3.8, 4) is 0 Å². The van der Waals surface area contributed by atoms with Gasteiger partial charge in [0, 0.05) is 6.42 Å². The van der Waals surface area contributed by atoms with E-state index in [1.165, 1.54) is 0 Å². The minimum absolute atomic E-state index is 0.0411. The maximum Gasteiger partial charge on any atom is 0.328 e. The Morgan fingerprint density at radius 2 is 1.82 bits per heavy atom. The average Bonchev–Trinajstić information content (AvgIpc) is 2.46. The van der Waals surface area contributed by atoms with Gasteiger partial charge in [0.2, 0.25) is 11.8 Å². The molecule has 0 aromatic heterocycles. The maximum absolute atomic E-state index is 12.5. The monoisotopic (exact) mass is 308 g/mol. The van der Waals surface area contributed by atoms with Crippen molar-refractivity contribution in [2.45, 2.75) is 58.3 Å². The summed E-state index contributed by atoms with van der Waals surface area (Å²) in [6.07, 6.45) is 6.70. The van der Waals surface area contributed by atoms with Crippen molar-refractivity contribution in [1.82, 2.24) is 10.6 Å². The van der Waals surface area contributed by atoms with Crippen LogP contribution in [-0.2, 0) is 14.4 Å². The molecular formula is C16H24N2O4. The summed E-state index contributed by atoms with van der Waals surface area (Å²) in [6, 6.07) is -0.734. The van der Waals surface area contributed by atoms with E-state index < -0.39 is 23.3 Å². The predicted molar refractivity (Wildman–Crippen MR) is 79.8 cm³/mol. The number of carbonyl (C=O) groups excluding carboxylic acids is 4. The molecular weight excluding hydrogens is 284 g/mol. The molecule has 1 heterocycles. The standard InChI is InChI=1S/C16H24N2O4/c1-11-6-5-7-12(10-11)16(8-3-2-4-9-19)13(20)17-15(22)18-14(16)21/h9,11-12H,2-8,10H2,1H3,(H2,17,18,20,21,22). The Kier molecular flexibility index (Phi) is 5.32. The quantitative estimate of drug-likeness (QED) is 0.445. The number of barbiturate groups is 1. The predicted octanol–water partition coefficient (Wildman–Crippen LogP) is 1.92. The van der Waals surface area contributed by atoms with Gasteiger partial charge in [-0.3, -0.25) is 20.2 Å². The zero-order chi connectivity index (χ0) is 16.2. The number of imide groups is 2. The van der Waals surface area contributed by atoms with Crippen LogP contribution in [0.4, 0.5) is 4.79 Å². The van der Waals surface area contributed by atoms with Crippen LogP contribution in [0.15, 0.2) is 0 Å². The molecule has 2 aliphatic rings. The zero-order valence-electron chi connectivity index (χ0n) is 13.0. The maximum atomic E-state index is 12.5. The molecule has 6 heteroatoms. The number of rotatable bonds is 6. The Morgan fingerprint density at radius 1 is 1.14 bits per heavy atom. The molecule has 1 aliphatic carbocycles. The minimum Gasteiger partial charge on any atom is -0.303 e. The van der Waals surface area contributed by atoms with Gasteiger partial charge in [-0.25, -0.2) is 4.79 Å². The van der Waals surface area contributed by atoms with Gasteiger partial charge >= 0.3 is 6.03 Å². The van der Waals surface area contributed by atoms with Gasteiger partial charge in [-0.15, -0.1) is 0 Å². The van der Waals surface area contributed by atoms with E-state index in [0.29, 0.717) is 31.6 Å². The van der Waals surface area contributed by atoms with E-state index >= 15 is 0 Å². The molecule has 1 aliphatic heterocycles. The first-order chi connectivity index (χ1) is 10.5. The van der Waals surface area contributed by atoms with Crippen LogP contribution in [0.25, 0.3) is 0 Å². The molecule has 0 aromatic rings. The van der Waals surface area contributed by atoms with Gasteiger partial charge in [0.15, 0.2) is 0 Å². The van der Waals surface area contributed by atoms with E-state index in [1.54, 1.807) is 0 Å². The number of hydrogen-bond donors (Lipinski definition) is 2. The summed E-state index contributed by atoms with van der Waals surface area (Å²) in [5, 5.41) is 4.55. The van der Waals surface area contributed by atoms with Gasteiger partial charge in [0.1, 0.15) is 11.7 Å². The van der Waals surface area contributed by atoms with Gasteiger partial charge in [-0.05, 0) is 37.5 Å². The summed E-state index contributed by atoms with van der Waals surface area (Å²) in [4.78, 5) is 46.9.